The molecule has 0 radical (unpaired) electrons. The molecule has 12 heteroatoms. The number of aliphatic hydroxyl groups is 1. The van der Waals surface area contributed by atoms with E-state index in [4.69, 9.17) is 4.74 Å². The highest BCUT2D eigenvalue weighted by atomic mass is 19.1. The second kappa shape index (κ2) is 11.5. The summed E-state index contributed by atoms with van der Waals surface area (Å²) in [5.41, 5.74) is -1.10. The number of carbonyl (C=O) groups is 4. The van der Waals surface area contributed by atoms with Crippen LogP contribution in [0.3, 0.4) is 0 Å². The SMILES string of the molecule is CC(C)(C)OC(=O)N1CCC(O)(CNC(=O)N2C(=O)C(C)(C)c3ccc(F)cc32)CC1.CC1(C)C(=O)Nc2cc(F)ccc21. The van der Waals surface area contributed by atoms with Gasteiger partial charge in [-0.2, -0.15) is 0 Å². The summed E-state index contributed by atoms with van der Waals surface area (Å²) in [7, 11) is 0. The van der Waals surface area contributed by atoms with Gasteiger partial charge in [-0.15, -0.1) is 0 Å². The third-order valence-electron chi connectivity index (χ3n) is 8.20. The van der Waals surface area contributed by atoms with Crippen LogP contribution in [0.4, 0.5) is 29.7 Å². The van der Waals surface area contributed by atoms with Gasteiger partial charge in [0.1, 0.15) is 17.2 Å². The minimum atomic E-state index is -1.22. The molecular formula is C32H40F2N4O6. The van der Waals surface area contributed by atoms with E-state index >= 15 is 0 Å². The van der Waals surface area contributed by atoms with E-state index in [0.717, 1.165) is 16.5 Å². The molecule has 5 amide bonds. The summed E-state index contributed by atoms with van der Waals surface area (Å²) in [6.45, 7) is 12.8. The Kier molecular flexibility index (Phi) is 8.55. The number of halogens is 2. The number of hydrogen-bond acceptors (Lipinski definition) is 6. The lowest BCUT2D eigenvalue weighted by atomic mass is 9.86. The first-order valence-electron chi connectivity index (χ1n) is 14.5. The van der Waals surface area contributed by atoms with Crippen molar-refractivity contribution >= 4 is 35.3 Å². The molecule has 0 unspecified atom stereocenters. The molecule has 44 heavy (non-hydrogen) atoms. The lowest BCUT2D eigenvalue weighted by Gasteiger charge is -2.38. The maximum atomic E-state index is 13.8. The smallest absolute Gasteiger partial charge is 0.410 e. The van der Waals surface area contributed by atoms with Crippen molar-refractivity contribution in [3.63, 3.8) is 0 Å². The number of anilines is 2. The van der Waals surface area contributed by atoms with E-state index in [2.05, 4.69) is 10.6 Å². The van der Waals surface area contributed by atoms with E-state index in [1.54, 1.807) is 40.7 Å². The summed E-state index contributed by atoms with van der Waals surface area (Å²) in [6, 6.07) is 7.60. The van der Waals surface area contributed by atoms with Crippen LogP contribution in [0.15, 0.2) is 36.4 Å². The average Bonchev–Trinajstić information content (AvgIpc) is 3.25. The predicted octanol–water partition coefficient (Wildman–Crippen LogP) is 4.98. The first-order chi connectivity index (χ1) is 20.2. The monoisotopic (exact) mass is 614 g/mol. The Morgan fingerprint density at radius 2 is 1.52 bits per heavy atom. The summed E-state index contributed by atoms with van der Waals surface area (Å²) in [5.74, 6) is -1.41. The first kappa shape index (κ1) is 32.8. The second-order valence-electron chi connectivity index (χ2n) is 13.5. The van der Waals surface area contributed by atoms with Gasteiger partial charge < -0.3 is 25.4 Å². The molecule has 0 bridgehead atoms. The fourth-order valence-corrected chi connectivity index (χ4v) is 5.42. The zero-order chi connectivity index (χ0) is 32.8. The fourth-order valence-electron chi connectivity index (χ4n) is 5.42. The Morgan fingerprint density at radius 1 is 0.955 bits per heavy atom. The van der Waals surface area contributed by atoms with E-state index < -0.39 is 45.9 Å². The number of ether oxygens (including phenoxy) is 1. The number of nitrogens with zero attached hydrogens (tertiary/aromatic N) is 2. The molecule has 5 rings (SSSR count). The summed E-state index contributed by atoms with van der Waals surface area (Å²) in [6.07, 6.45) is 0.0519. The fraction of sp³-hybridized carbons (Fsp3) is 0.500. The first-order valence-corrected chi connectivity index (χ1v) is 14.5. The van der Waals surface area contributed by atoms with Crippen LogP contribution in [-0.2, 0) is 25.2 Å². The lowest BCUT2D eigenvalue weighted by Crippen LogP contribution is -2.55. The van der Waals surface area contributed by atoms with Crippen molar-refractivity contribution < 1.29 is 37.8 Å². The molecule has 3 aliphatic rings. The topological polar surface area (TPSA) is 128 Å². The highest BCUT2D eigenvalue weighted by molar-refractivity contribution is 6.22. The third-order valence-corrected chi connectivity index (χ3v) is 8.20. The molecule has 0 aromatic heterocycles. The number of urea groups is 1. The standard InChI is InChI=1S/C22H30FN3O5.C10H10FNO/c1-20(2,3)31-19(29)25-10-8-22(30,9-11-25)13-24-18(28)26-16-12-14(23)6-7-15(16)21(4,5)17(26)27;1-10(2)7-4-3-6(11)5-8(7)12-9(10)13/h6-7,12,30H,8-11,13H2,1-5H3,(H,24,28);3-5H,1-2H3,(H,12,13). The van der Waals surface area contributed by atoms with Crippen LogP contribution in [0.5, 0.6) is 0 Å². The molecule has 0 atom stereocenters. The summed E-state index contributed by atoms with van der Waals surface area (Å²) in [4.78, 5) is 51.7. The second-order valence-corrected chi connectivity index (χ2v) is 13.5. The van der Waals surface area contributed by atoms with Crippen LogP contribution in [0.2, 0.25) is 0 Å². The molecular weight excluding hydrogens is 574 g/mol. The van der Waals surface area contributed by atoms with Gasteiger partial charge in [0.25, 0.3) is 0 Å². The van der Waals surface area contributed by atoms with Crippen molar-refractivity contribution in [1.82, 2.24) is 10.2 Å². The number of benzene rings is 2. The van der Waals surface area contributed by atoms with Crippen LogP contribution in [0.1, 0.15) is 72.4 Å². The van der Waals surface area contributed by atoms with Crippen molar-refractivity contribution in [2.45, 2.75) is 83.3 Å². The highest BCUT2D eigenvalue weighted by Gasteiger charge is 2.47. The van der Waals surface area contributed by atoms with Gasteiger partial charge in [-0.1, -0.05) is 12.1 Å². The molecule has 3 heterocycles. The van der Waals surface area contributed by atoms with E-state index in [0.29, 0.717) is 11.3 Å². The third kappa shape index (κ3) is 6.54. The van der Waals surface area contributed by atoms with Crippen LogP contribution in [0.25, 0.3) is 0 Å². The van der Waals surface area contributed by atoms with Crippen molar-refractivity contribution in [1.29, 1.82) is 0 Å². The van der Waals surface area contributed by atoms with Crippen molar-refractivity contribution in [2.24, 2.45) is 0 Å². The van der Waals surface area contributed by atoms with Gasteiger partial charge in [-0.05, 0) is 96.7 Å². The van der Waals surface area contributed by atoms with Gasteiger partial charge in [0.05, 0.1) is 22.1 Å². The van der Waals surface area contributed by atoms with E-state index in [-0.39, 0.29) is 49.9 Å². The molecule has 0 saturated carbocycles. The van der Waals surface area contributed by atoms with Gasteiger partial charge in [0.2, 0.25) is 11.8 Å². The van der Waals surface area contributed by atoms with Crippen LogP contribution in [-0.4, -0.2) is 64.8 Å². The Hall–Kier alpha value is -4.06. The van der Waals surface area contributed by atoms with E-state index in [1.165, 1.54) is 29.2 Å². The van der Waals surface area contributed by atoms with Crippen molar-refractivity contribution in [3.8, 4) is 0 Å². The number of amides is 5. The van der Waals surface area contributed by atoms with Crippen molar-refractivity contribution in [2.75, 3.05) is 29.9 Å². The molecule has 0 aliphatic carbocycles. The van der Waals surface area contributed by atoms with E-state index in [1.807, 2.05) is 13.8 Å². The molecule has 2 aromatic rings. The number of hydrogen-bond donors (Lipinski definition) is 3. The van der Waals surface area contributed by atoms with Gasteiger partial charge >= 0.3 is 12.1 Å². The van der Waals surface area contributed by atoms with E-state index in [9.17, 15) is 33.1 Å². The Balaban J connectivity index is 0.000000281. The van der Waals surface area contributed by atoms with Gasteiger partial charge in [0, 0.05) is 25.3 Å². The molecule has 1 fully saturated rings. The minimum absolute atomic E-state index is 0.0758. The number of nitrogens with one attached hydrogen (secondary N) is 2. The average molecular weight is 615 g/mol. The Labute approximate surface area is 255 Å². The molecule has 0 spiro atoms. The number of rotatable bonds is 2. The summed E-state index contributed by atoms with van der Waals surface area (Å²) in [5, 5.41) is 16.1. The van der Waals surface area contributed by atoms with Crippen molar-refractivity contribution in [3.05, 3.63) is 59.2 Å². The maximum Gasteiger partial charge on any atom is 0.410 e. The number of piperidine rings is 1. The number of carbonyl (C=O) groups excluding carboxylic acids is 4. The lowest BCUT2D eigenvalue weighted by molar-refractivity contribution is -0.121. The number of imide groups is 1. The Morgan fingerprint density at radius 3 is 2.11 bits per heavy atom. The quantitative estimate of drug-likeness (QED) is 0.438. The predicted molar refractivity (Wildman–Crippen MR) is 160 cm³/mol. The zero-order valence-corrected chi connectivity index (χ0v) is 26.1. The molecule has 10 nitrogen and oxygen atoms in total. The van der Waals surface area contributed by atoms with Crippen LogP contribution in [0, 0.1) is 11.6 Å². The van der Waals surface area contributed by atoms with Crippen LogP contribution >= 0.6 is 0 Å². The largest absolute Gasteiger partial charge is 0.444 e. The zero-order valence-electron chi connectivity index (χ0n) is 26.1. The summed E-state index contributed by atoms with van der Waals surface area (Å²) >= 11 is 0. The van der Waals surface area contributed by atoms with Crippen LogP contribution < -0.4 is 15.5 Å². The molecule has 2 aromatic carbocycles. The highest BCUT2D eigenvalue weighted by Crippen LogP contribution is 2.42. The van der Waals surface area contributed by atoms with Gasteiger partial charge in [-0.25, -0.2) is 23.3 Å². The maximum absolute atomic E-state index is 13.8. The van der Waals surface area contributed by atoms with Gasteiger partial charge in [0.15, 0.2) is 0 Å². The molecule has 238 valence electrons. The summed E-state index contributed by atoms with van der Waals surface area (Å²) < 4.78 is 31.9. The number of fused-ring (bicyclic) bond motifs is 2. The molecule has 3 aliphatic heterocycles. The number of likely N-dealkylation sites (tertiary alicyclic amines) is 1. The molecule has 1 saturated heterocycles. The minimum Gasteiger partial charge on any atom is -0.444 e. The molecule has 3 N–H and O–H groups in total. The normalized spacial score (nSPS) is 19.3. The Bertz CT molecular complexity index is 1490. The van der Waals surface area contributed by atoms with Gasteiger partial charge in [-0.3, -0.25) is 9.59 Å².